The quantitative estimate of drug-likeness (QED) is 0.244. The third-order valence-corrected chi connectivity index (χ3v) is 4.66. The number of benzene rings is 3. The summed E-state index contributed by atoms with van der Waals surface area (Å²) in [4.78, 5) is 24.9. The predicted octanol–water partition coefficient (Wildman–Crippen LogP) is 5.30. The summed E-state index contributed by atoms with van der Waals surface area (Å²) >= 11 is 11.8. The Kier molecular flexibility index (Phi) is 8.69. The van der Waals surface area contributed by atoms with Gasteiger partial charge in [0.05, 0.1) is 6.42 Å². The maximum atomic E-state index is 12.7. The fraction of sp³-hybridized carbons (Fsp3) is 0.125. The van der Waals surface area contributed by atoms with Crippen molar-refractivity contribution in [1.82, 2.24) is 5.43 Å². The van der Waals surface area contributed by atoms with Crippen molar-refractivity contribution in [2.24, 2.45) is 5.10 Å². The Bertz CT molecular complexity index is 1060. The van der Waals surface area contributed by atoms with Crippen LogP contribution in [0, 0.1) is 0 Å². The number of carbonyl (C=O) groups excluding carboxylic acids is 2. The SMILES string of the molecule is C/C(CC(=O)Nc1ccccc1)=N\NC(=O)C(Oc1ccc(Cl)cc1)Oc1ccc(Cl)cc1. The second-order valence-corrected chi connectivity index (χ2v) is 7.76. The van der Waals surface area contributed by atoms with E-state index >= 15 is 0 Å². The van der Waals surface area contributed by atoms with Crippen molar-refractivity contribution < 1.29 is 19.1 Å². The van der Waals surface area contributed by atoms with Crippen molar-refractivity contribution in [2.75, 3.05) is 5.32 Å². The first-order valence-electron chi connectivity index (χ1n) is 9.91. The van der Waals surface area contributed by atoms with E-state index in [0.29, 0.717) is 32.9 Å². The smallest absolute Gasteiger partial charge is 0.323 e. The molecule has 9 heteroatoms. The summed E-state index contributed by atoms with van der Waals surface area (Å²) in [6, 6.07) is 22.0. The first-order valence-corrected chi connectivity index (χ1v) is 10.7. The van der Waals surface area contributed by atoms with Gasteiger partial charge in [-0.05, 0) is 67.6 Å². The number of carbonyl (C=O) groups is 2. The van der Waals surface area contributed by atoms with Crippen LogP contribution in [-0.4, -0.2) is 23.8 Å². The third kappa shape index (κ3) is 8.14. The molecule has 0 atom stereocenters. The molecule has 7 nitrogen and oxygen atoms in total. The van der Waals surface area contributed by atoms with Crippen LogP contribution < -0.4 is 20.2 Å². The molecule has 0 aliphatic carbocycles. The van der Waals surface area contributed by atoms with Gasteiger partial charge in [0, 0.05) is 21.4 Å². The zero-order chi connectivity index (χ0) is 23.6. The molecule has 0 saturated heterocycles. The van der Waals surface area contributed by atoms with Gasteiger partial charge in [0.25, 0.3) is 0 Å². The largest absolute Gasteiger partial charge is 0.446 e. The molecule has 0 aliphatic rings. The van der Waals surface area contributed by atoms with E-state index < -0.39 is 12.2 Å². The molecule has 33 heavy (non-hydrogen) atoms. The molecule has 0 saturated carbocycles. The van der Waals surface area contributed by atoms with E-state index in [4.69, 9.17) is 32.7 Å². The molecule has 0 heterocycles. The average molecular weight is 486 g/mol. The topological polar surface area (TPSA) is 89.0 Å². The van der Waals surface area contributed by atoms with Gasteiger partial charge in [-0.25, -0.2) is 5.43 Å². The molecule has 0 aromatic heterocycles. The number of hydrogen-bond donors (Lipinski definition) is 2. The Morgan fingerprint density at radius 2 is 1.36 bits per heavy atom. The summed E-state index contributed by atoms with van der Waals surface area (Å²) in [6.45, 7) is 1.62. The average Bonchev–Trinajstić information content (AvgIpc) is 2.80. The number of hydrogen-bond acceptors (Lipinski definition) is 5. The van der Waals surface area contributed by atoms with Gasteiger partial charge in [-0.2, -0.15) is 5.10 Å². The van der Waals surface area contributed by atoms with Gasteiger partial charge in [-0.15, -0.1) is 0 Å². The number of halogens is 2. The number of rotatable bonds is 9. The van der Waals surface area contributed by atoms with E-state index in [1.807, 2.05) is 18.2 Å². The fourth-order valence-electron chi connectivity index (χ4n) is 2.61. The van der Waals surface area contributed by atoms with Crippen molar-refractivity contribution >= 4 is 46.4 Å². The van der Waals surface area contributed by atoms with Gasteiger partial charge >= 0.3 is 12.2 Å². The Morgan fingerprint density at radius 1 is 0.848 bits per heavy atom. The van der Waals surface area contributed by atoms with Crippen LogP contribution in [0.25, 0.3) is 0 Å². The molecular formula is C24H21Cl2N3O4. The summed E-state index contributed by atoms with van der Waals surface area (Å²) in [6.07, 6.45) is -1.36. The lowest BCUT2D eigenvalue weighted by atomic mass is 10.2. The Balaban J connectivity index is 1.64. The normalized spacial score (nSPS) is 11.1. The number of nitrogens with one attached hydrogen (secondary N) is 2. The molecule has 170 valence electrons. The second-order valence-electron chi connectivity index (χ2n) is 6.89. The number of nitrogens with zero attached hydrogens (tertiary/aromatic N) is 1. The fourth-order valence-corrected chi connectivity index (χ4v) is 2.86. The number of para-hydroxylation sites is 1. The minimum absolute atomic E-state index is 0.00404. The van der Waals surface area contributed by atoms with Crippen molar-refractivity contribution in [3.8, 4) is 11.5 Å². The summed E-state index contributed by atoms with van der Waals surface area (Å²) in [7, 11) is 0. The number of amides is 2. The third-order valence-electron chi connectivity index (χ3n) is 4.16. The summed E-state index contributed by atoms with van der Waals surface area (Å²) < 4.78 is 11.4. The van der Waals surface area contributed by atoms with Gasteiger partial charge in [-0.3, -0.25) is 9.59 Å². The van der Waals surface area contributed by atoms with Crippen LogP contribution in [0.4, 0.5) is 5.69 Å². The lowest BCUT2D eigenvalue weighted by molar-refractivity contribution is -0.140. The molecule has 2 N–H and O–H groups in total. The predicted molar refractivity (Wildman–Crippen MR) is 129 cm³/mol. The molecule has 0 fully saturated rings. The van der Waals surface area contributed by atoms with Crippen LogP contribution in [0.1, 0.15) is 13.3 Å². The molecule has 3 rings (SSSR count). The molecule has 3 aromatic rings. The van der Waals surface area contributed by atoms with Crippen LogP contribution in [0.5, 0.6) is 11.5 Å². The van der Waals surface area contributed by atoms with E-state index in [-0.39, 0.29) is 12.3 Å². The zero-order valence-corrected chi connectivity index (χ0v) is 19.1. The van der Waals surface area contributed by atoms with Crippen LogP contribution in [0.3, 0.4) is 0 Å². The minimum Gasteiger partial charge on any atom is -0.446 e. The van der Waals surface area contributed by atoms with Crippen LogP contribution in [-0.2, 0) is 9.59 Å². The lowest BCUT2D eigenvalue weighted by Crippen LogP contribution is -2.40. The van der Waals surface area contributed by atoms with Gasteiger partial charge in [0.1, 0.15) is 11.5 Å². The van der Waals surface area contributed by atoms with Crippen molar-refractivity contribution in [3.63, 3.8) is 0 Å². The summed E-state index contributed by atoms with van der Waals surface area (Å²) in [5, 5.41) is 7.79. The molecule has 0 spiro atoms. The minimum atomic E-state index is -1.36. The second kappa shape index (κ2) is 11.9. The molecule has 3 aromatic carbocycles. The first kappa shape index (κ1) is 24.1. The molecule has 0 bridgehead atoms. The van der Waals surface area contributed by atoms with E-state index in [1.165, 1.54) is 0 Å². The van der Waals surface area contributed by atoms with Crippen LogP contribution in [0.2, 0.25) is 10.0 Å². The van der Waals surface area contributed by atoms with Crippen LogP contribution >= 0.6 is 23.2 Å². The number of hydrazone groups is 1. The molecule has 0 unspecified atom stereocenters. The van der Waals surface area contributed by atoms with Gasteiger partial charge < -0.3 is 14.8 Å². The highest BCUT2D eigenvalue weighted by Gasteiger charge is 2.23. The number of anilines is 1. The highest BCUT2D eigenvalue weighted by molar-refractivity contribution is 6.30. The monoisotopic (exact) mass is 485 g/mol. The van der Waals surface area contributed by atoms with E-state index in [1.54, 1.807) is 67.6 Å². The first-order chi connectivity index (χ1) is 15.9. The van der Waals surface area contributed by atoms with Gasteiger partial charge in [0.15, 0.2) is 0 Å². The number of ether oxygens (including phenoxy) is 2. The lowest BCUT2D eigenvalue weighted by Gasteiger charge is -2.19. The highest BCUT2D eigenvalue weighted by Crippen LogP contribution is 2.20. The molecular weight excluding hydrogens is 465 g/mol. The zero-order valence-electron chi connectivity index (χ0n) is 17.6. The molecule has 0 aliphatic heterocycles. The van der Waals surface area contributed by atoms with E-state index in [2.05, 4.69) is 15.8 Å². The van der Waals surface area contributed by atoms with Gasteiger partial charge in [0.2, 0.25) is 5.91 Å². The van der Waals surface area contributed by atoms with Crippen LogP contribution in [0.15, 0.2) is 84.0 Å². The van der Waals surface area contributed by atoms with E-state index in [9.17, 15) is 9.59 Å². The maximum absolute atomic E-state index is 12.7. The summed E-state index contributed by atoms with van der Waals surface area (Å²) in [5.74, 6) is -0.182. The maximum Gasteiger partial charge on any atom is 0.323 e. The Labute approximate surface area is 201 Å². The Morgan fingerprint density at radius 3 is 1.88 bits per heavy atom. The molecule has 0 radical (unpaired) electrons. The summed E-state index contributed by atoms with van der Waals surface area (Å²) in [5.41, 5.74) is 3.45. The van der Waals surface area contributed by atoms with Crippen molar-refractivity contribution in [1.29, 1.82) is 0 Å². The highest BCUT2D eigenvalue weighted by atomic mass is 35.5. The molecule has 2 amide bonds. The van der Waals surface area contributed by atoms with Gasteiger partial charge in [-0.1, -0.05) is 41.4 Å². The standard InChI is InChI=1S/C24H21Cl2N3O4/c1-16(15-22(30)27-19-5-3-2-4-6-19)28-29-23(31)24(32-20-11-7-17(25)8-12-20)33-21-13-9-18(26)10-14-21/h2-14,24H,15H2,1H3,(H,27,30)(H,29,31)/b28-16+. The van der Waals surface area contributed by atoms with E-state index in [0.717, 1.165) is 0 Å². The Hall–Kier alpha value is -3.55. The van der Waals surface area contributed by atoms with Crippen molar-refractivity contribution in [3.05, 3.63) is 88.9 Å². The van der Waals surface area contributed by atoms with Crippen molar-refractivity contribution in [2.45, 2.75) is 19.6 Å².